The third-order valence-corrected chi connectivity index (χ3v) is 6.34. The van der Waals surface area contributed by atoms with Crippen LogP contribution >= 0.6 is 0 Å². The van der Waals surface area contributed by atoms with E-state index in [1.807, 2.05) is 6.92 Å². The molecule has 0 aromatic heterocycles. The third-order valence-electron chi connectivity index (χ3n) is 4.45. The molecule has 0 bridgehead atoms. The Bertz CT molecular complexity index is 340. The molecule has 1 rings (SSSR count). The molecule has 3 nitrogen and oxygen atoms in total. The van der Waals surface area contributed by atoms with Crippen molar-refractivity contribution >= 4 is 9.84 Å². The van der Waals surface area contributed by atoms with Crippen molar-refractivity contribution in [2.24, 2.45) is 11.8 Å². The Morgan fingerprint density at radius 3 is 2.42 bits per heavy atom. The molecule has 0 spiro atoms. The number of rotatable bonds is 8. The van der Waals surface area contributed by atoms with Gasteiger partial charge in [-0.15, -0.1) is 0 Å². The Kier molecular flexibility index (Phi) is 7.37. The SMILES string of the molecule is CCCS(=O)(=O)CCC1CC(CC)CCC1NCC. The summed E-state index contributed by atoms with van der Waals surface area (Å²) in [6.07, 6.45) is 6.53. The maximum atomic E-state index is 11.9. The Morgan fingerprint density at radius 2 is 1.84 bits per heavy atom. The van der Waals surface area contributed by atoms with Gasteiger partial charge in [-0.1, -0.05) is 27.2 Å². The molecule has 3 unspecified atom stereocenters. The monoisotopic (exact) mass is 289 g/mol. The zero-order valence-corrected chi connectivity index (χ0v) is 13.6. The summed E-state index contributed by atoms with van der Waals surface area (Å²) in [6, 6.07) is 0.532. The van der Waals surface area contributed by atoms with Crippen LogP contribution in [0.2, 0.25) is 0 Å². The summed E-state index contributed by atoms with van der Waals surface area (Å²) < 4.78 is 23.7. The molecular weight excluding hydrogens is 258 g/mol. The molecule has 1 aliphatic rings. The highest BCUT2D eigenvalue weighted by Gasteiger charge is 2.29. The fourth-order valence-corrected chi connectivity index (χ4v) is 4.81. The third kappa shape index (κ3) is 5.82. The lowest BCUT2D eigenvalue weighted by Gasteiger charge is -2.36. The minimum absolute atomic E-state index is 0.350. The summed E-state index contributed by atoms with van der Waals surface area (Å²) in [7, 11) is -2.82. The number of sulfone groups is 1. The molecule has 0 heterocycles. The fourth-order valence-electron chi connectivity index (χ4n) is 3.33. The van der Waals surface area contributed by atoms with Crippen LogP contribution < -0.4 is 5.32 Å². The van der Waals surface area contributed by atoms with Crippen molar-refractivity contribution in [3.05, 3.63) is 0 Å². The predicted octanol–water partition coefficient (Wildman–Crippen LogP) is 3.01. The predicted molar refractivity (Wildman–Crippen MR) is 82.1 cm³/mol. The van der Waals surface area contributed by atoms with Crippen molar-refractivity contribution < 1.29 is 8.42 Å². The van der Waals surface area contributed by atoms with E-state index in [1.165, 1.54) is 25.7 Å². The Labute approximate surface area is 119 Å². The molecule has 19 heavy (non-hydrogen) atoms. The van der Waals surface area contributed by atoms with Crippen LogP contribution in [0.15, 0.2) is 0 Å². The van der Waals surface area contributed by atoms with Crippen LogP contribution in [0.5, 0.6) is 0 Å². The molecule has 1 aliphatic carbocycles. The molecule has 1 N–H and O–H groups in total. The quantitative estimate of drug-likeness (QED) is 0.747. The van der Waals surface area contributed by atoms with Crippen LogP contribution in [0.1, 0.15) is 59.3 Å². The van der Waals surface area contributed by atoms with Crippen molar-refractivity contribution in [1.82, 2.24) is 5.32 Å². The van der Waals surface area contributed by atoms with E-state index >= 15 is 0 Å². The Balaban J connectivity index is 2.54. The molecule has 0 aliphatic heterocycles. The first-order chi connectivity index (χ1) is 9.02. The molecule has 114 valence electrons. The molecule has 0 aromatic rings. The highest BCUT2D eigenvalue weighted by molar-refractivity contribution is 7.91. The largest absolute Gasteiger partial charge is 0.314 e. The van der Waals surface area contributed by atoms with Gasteiger partial charge < -0.3 is 5.32 Å². The lowest BCUT2D eigenvalue weighted by Crippen LogP contribution is -2.41. The van der Waals surface area contributed by atoms with E-state index in [-0.39, 0.29) is 0 Å². The average molecular weight is 289 g/mol. The zero-order chi connectivity index (χ0) is 14.3. The van der Waals surface area contributed by atoms with Crippen LogP contribution in [0, 0.1) is 11.8 Å². The zero-order valence-electron chi connectivity index (χ0n) is 12.8. The standard InChI is InChI=1S/C15H31NO2S/c1-4-10-19(17,18)11-9-14-12-13(5-2)7-8-15(14)16-6-3/h13-16H,4-12H2,1-3H3. The molecule has 0 aromatic carbocycles. The lowest BCUT2D eigenvalue weighted by molar-refractivity contribution is 0.197. The van der Waals surface area contributed by atoms with Gasteiger partial charge >= 0.3 is 0 Å². The van der Waals surface area contributed by atoms with Crippen molar-refractivity contribution in [2.45, 2.75) is 65.3 Å². The summed E-state index contributed by atoms with van der Waals surface area (Å²) in [5.41, 5.74) is 0. The van der Waals surface area contributed by atoms with Crippen LogP contribution in [0.3, 0.4) is 0 Å². The molecule has 1 fully saturated rings. The van der Waals surface area contributed by atoms with Gasteiger partial charge in [-0.2, -0.15) is 0 Å². The minimum Gasteiger partial charge on any atom is -0.314 e. The van der Waals surface area contributed by atoms with Crippen molar-refractivity contribution in [2.75, 3.05) is 18.1 Å². The average Bonchev–Trinajstić information content (AvgIpc) is 2.38. The summed E-state index contributed by atoms with van der Waals surface area (Å²) in [4.78, 5) is 0. The van der Waals surface area contributed by atoms with Crippen molar-refractivity contribution in [3.8, 4) is 0 Å². The maximum Gasteiger partial charge on any atom is 0.150 e. The molecule has 0 amide bonds. The first-order valence-electron chi connectivity index (χ1n) is 7.96. The second-order valence-electron chi connectivity index (χ2n) is 5.95. The molecule has 1 saturated carbocycles. The molecule has 4 heteroatoms. The summed E-state index contributed by atoms with van der Waals surface area (Å²) in [5.74, 6) is 2.08. The topological polar surface area (TPSA) is 46.2 Å². The lowest BCUT2D eigenvalue weighted by atomic mass is 9.76. The van der Waals surface area contributed by atoms with Crippen LogP contribution in [0.4, 0.5) is 0 Å². The summed E-state index contributed by atoms with van der Waals surface area (Å²) in [6.45, 7) is 7.31. The van der Waals surface area contributed by atoms with Crippen molar-refractivity contribution in [1.29, 1.82) is 0 Å². The van der Waals surface area contributed by atoms with E-state index in [1.54, 1.807) is 0 Å². The first-order valence-corrected chi connectivity index (χ1v) is 9.78. The van der Waals surface area contributed by atoms with E-state index in [0.29, 0.717) is 23.5 Å². The molecular formula is C15H31NO2S. The van der Waals surface area contributed by atoms with E-state index < -0.39 is 9.84 Å². The van der Waals surface area contributed by atoms with E-state index in [2.05, 4.69) is 19.2 Å². The van der Waals surface area contributed by atoms with Gasteiger partial charge in [0.1, 0.15) is 9.84 Å². The van der Waals surface area contributed by atoms with Gasteiger partial charge in [-0.05, 0) is 50.5 Å². The highest BCUT2D eigenvalue weighted by Crippen LogP contribution is 2.33. The van der Waals surface area contributed by atoms with Gasteiger partial charge in [0, 0.05) is 11.8 Å². The Morgan fingerprint density at radius 1 is 1.11 bits per heavy atom. The first kappa shape index (κ1) is 17.0. The van der Waals surface area contributed by atoms with E-state index in [0.717, 1.165) is 25.3 Å². The van der Waals surface area contributed by atoms with Gasteiger partial charge in [0.25, 0.3) is 0 Å². The maximum absolute atomic E-state index is 11.9. The highest BCUT2D eigenvalue weighted by atomic mass is 32.2. The van der Waals surface area contributed by atoms with Crippen molar-refractivity contribution in [3.63, 3.8) is 0 Å². The number of hydrogen-bond donors (Lipinski definition) is 1. The van der Waals surface area contributed by atoms with E-state index in [4.69, 9.17) is 0 Å². The van der Waals surface area contributed by atoms with Gasteiger partial charge in [0.2, 0.25) is 0 Å². The minimum atomic E-state index is -2.82. The van der Waals surface area contributed by atoms with Gasteiger partial charge in [0.15, 0.2) is 0 Å². The van der Waals surface area contributed by atoms with Gasteiger partial charge in [-0.25, -0.2) is 8.42 Å². The molecule has 0 radical (unpaired) electrons. The molecule has 3 atom stereocenters. The van der Waals surface area contributed by atoms with Crippen LogP contribution in [-0.2, 0) is 9.84 Å². The number of hydrogen-bond acceptors (Lipinski definition) is 3. The second kappa shape index (κ2) is 8.25. The van der Waals surface area contributed by atoms with Gasteiger partial charge in [-0.3, -0.25) is 0 Å². The number of nitrogens with one attached hydrogen (secondary N) is 1. The van der Waals surface area contributed by atoms with Crippen LogP contribution in [-0.4, -0.2) is 32.5 Å². The molecule has 0 saturated heterocycles. The van der Waals surface area contributed by atoms with Gasteiger partial charge in [0.05, 0.1) is 5.75 Å². The van der Waals surface area contributed by atoms with E-state index in [9.17, 15) is 8.42 Å². The smallest absolute Gasteiger partial charge is 0.150 e. The van der Waals surface area contributed by atoms with Crippen LogP contribution in [0.25, 0.3) is 0 Å². The summed E-state index contributed by atoms with van der Waals surface area (Å²) >= 11 is 0. The normalized spacial score (nSPS) is 28.5. The Hall–Kier alpha value is -0.0900. The fraction of sp³-hybridized carbons (Fsp3) is 1.00. The summed E-state index contributed by atoms with van der Waals surface area (Å²) in [5, 5.41) is 3.55. The second-order valence-corrected chi connectivity index (χ2v) is 8.26.